The van der Waals surface area contributed by atoms with E-state index in [1.54, 1.807) is 12.1 Å². The number of benzene rings is 2. The maximum atomic E-state index is 13.5. The lowest BCUT2D eigenvalue weighted by molar-refractivity contribution is 0.381. The van der Waals surface area contributed by atoms with E-state index in [1.165, 1.54) is 13.2 Å². The van der Waals surface area contributed by atoms with Gasteiger partial charge in [-0.15, -0.1) is 0 Å². The summed E-state index contributed by atoms with van der Waals surface area (Å²) in [7, 11) is 1.37. The highest BCUT2D eigenvalue weighted by Crippen LogP contribution is 2.36. The molecule has 2 N–H and O–H groups in total. The van der Waals surface area contributed by atoms with E-state index in [0.29, 0.717) is 17.1 Å². The smallest absolute Gasteiger partial charge is 0.167 e. The number of hydrogen-bond donors (Lipinski definition) is 1. The van der Waals surface area contributed by atoms with Crippen LogP contribution in [0.5, 0.6) is 17.2 Å². The molecule has 0 spiro atoms. The summed E-state index contributed by atoms with van der Waals surface area (Å²) in [5.41, 5.74) is 8.11. The number of aryl methyl sites for hydroxylation is 2. The minimum atomic E-state index is -0.546. The van der Waals surface area contributed by atoms with Gasteiger partial charge in [0.1, 0.15) is 5.75 Å². The van der Waals surface area contributed by atoms with Crippen LogP contribution in [0.15, 0.2) is 24.3 Å². The molecule has 2 aromatic carbocycles. The summed E-state index contributed by atoms with van der Waals surface area (Å²) < 4.78 is 24.2. The van der Waals surface area contributed by atoms with Gasteiger partial charge in [-0.1, -0.05) is 0 Å². The van der Waals surface area contributed by atoms with E-state index in [1.807, 2.05) is 13.8 Å². The highest BCUT2D eigenvalue weighted by Gasteiger charge is 2.13. The van der Waals surface area contributed by atoms with Gasteiger partial charge >= 0.3 is 0 Å². The lowest BCUT2D eigenvalue weighted by atomic mass is 10.1. The van der Waals surface area contributed by atoms with Crippen LogP contribution in [0, 0.1) is 31.0 Å². The molecule has 21 heavy (non-hydrogen) atoms. The molecule has 0 aromatic heterocycles. The van der Waals surface area contributed by atoms with Gasteiger partial charge in [-0.05, 0) is 37.1 Å². The summed E-state index contributed by atoms with van der Waals surface area (Å²) in [6.45, 7) is 3.67. The second kappa shape index (κ2) is 5.71. The average molecular weight is 286 g/mol. The molecule has 108 valence electrons. The van der Waals surface area contributed by atoms with Crippen molar-refractivity contribution < 1.29 is 13.9 Å². The Morgan fingerprint density at radius 2 is 1.71 bits per heavy atom. The van der Waals surface area contributed by atoms with Gasteiger partial charge in [0.2, 0.25) is 0 Å². The summed E-state index contributed by atoms with van der Waals surface area (Å²) in [5, 5.41) is 8.94. The Morgan fingerprint density at radius 3 is 2.24 bits per heavy atom. The number of methoxy groups -OCH3 is 1. The maximum Gasteiger partial charge on any atom is 0.167 e. The van der Waals surface area contributed by atoms with Gasteiger partial charge in [-0.2, -0.15) is 5.26 Å². The normalized spacial score (nSPS) is 10.0. The van der Waals surface area contributed by atoms with Crippen molar-refractivity contribution in [3.8, 4) is 23.3 Å². The predicted octanol–water partition coefficient (Wildman–Crippen LogP) is 3.70. The largest absolute Gasteiger partial charge is 0.494 e. The number of nitrogens with zero attached hydrogens (tertiary/aromatic N) is 1. The van der Waals surface area contributed by atoms with Crippen LogP contribution in [-0.4, -0.2) is 7.11 Å². The second-order valence-electron chi connectivity index (χ2n) is 4.68. The highest BCUT2D eigenvalue weighted by molar-refractivity contribution is 5.59. The molecule has 0 saturated heterocycles. The van der Waals surface area contributed by atoms with Crippen molar-refractivity contribution >= 4 is 5.69 Å². The Balaban J connectivity index is 2.46. The lowest BCUT2D eigenvalue weighted by Gasteiger charge is -2.15. The van der Waals surface area contributed by atoms with Gasteiger partial charge in [0.05, 0.1) is 24.4 Å². The quantitative estimate of drug-likeness (QED) is 0.873. The molecule has 0 fully saturated rings. The lowest BCUT2D eigenvalue weighted by Crippen LogP contribution is -1.98. The number of nitrogens with two attached hydrogens (primary N) is 1. The third-order valence-corrected chi connectivity index (χ3v) is 3.09. The topological polar surface area (TPSA) is 68.3 Å². The van der Waals surface area contributed by atoms with Crippen molar-refractivity contribution in [1.82, 2.24) is 0 Å². The van der Waals surface area contributed by atoms with E-state index in [-0.39, 0.29) is 11.4 Å². The molecule has 0 aliphatic heterocycles. The van der Waals surface area contributed by atoms with Crippen molar-refractivity contribution in [3.05, 3.63) is 46.8 Å². The highest BCUT2D eigenvalue weighted by atomic mass is 19.1. The average Bonchev–Trinajstić information content (AvgIpc) is 2.44. The number of halogens is 1. The van der Waals surface area contributed by atoms with Crippen LogP contribution in [0.1, 0.15) is 16.7 Å². The predicted molar refractivity (Wildman–Crippen MR) is 78.1 cm³/mol. The van der Waals surface area contributed by atoms with Gasteiger partial charge in [0, 0.05) is 12.1 Å². The first kappa shape index (κ1) is 14.7. The zero-order valence-corrected chi connectivity index (χ0v) is 12.0. The third-order valence-electron chi connectivity index (χ3n) is 3.09. The molecule has 4 nitrogen and oxygen atoms in total. The molecule has 2 rings (SSSR count). The van der Waals surface area contributed by atoms with Crippen LogP contribution in [0.4, 0.5) is 10.1 Å². The van der Waals surface area contributed by atoms with E-state index >= 15 is 0 Å². The van der Waals surface area contributed by atoms with Crippen LogP contribution < -0.4 is 15.2 Å². The molecule has 0 unspecified atom stereocenters. The fraction of sp³-hybridized carbons (Fsp3) is 0.188. The van der Waals surface area contributed by atoms with Crippen molar-refractivity contribution in [3.63, 3.8) is 0 Å². The van der Waals surface area contributed by atoms with E-state index in [4.69, 9.17) is 20.5 Å². The third kappa shape index (κ3) is 2.90. The molecule has 0 aliphatic carbocycles. The van der Waals surface area contributed by atoms with Crippen molar-refractivity contribution in [2.75, 3.05) is 12.8 Å². The van der Waals surface area contributed by atoms with E-state index in [2.05, 4.69) is 6.07 Å². The van der Waals surface area contributed by atoms with Crippen molar-refractivity contribution in [2.45, 2.75) is 13.8 Å². The molecule has 0 bridgehead atoms. The van der Waals surface area contributed by atoms with Gasteiger partial charge in [0.15, 0.2) is 17.3 Å². The van der Waals surface area contributed by atoms with E-state index in [0.717, 1.165) is 17.2 Å². The number of ether oxygens (including phenoxy) is 2. The Morgan fingerprint density at radius 1 is 1.10 bits per heavy atom. The minimum absolute atomic E-state index is 0.0585. The Bertz CT molecular complexity index is 713. The molecule has 0 amide bonds. The zero-order valence-electron chi connectivity index (χ0n) is 12.0. The zero-order chi connectivity index (χ0) is 15.6. The maximum absolute atomic E-state index is 13.5. The van der Waals surface area contributed by atoms with Gasteiger partial charge in [-0.25, -0.2) is 4.39 Å². The fourth-order valence-electron chi connectivity index (χ4n) is 2.08. The van der Waals surface area contributed by atoms with Gasteiger partial charge < -0.3 is 15.2 Å². The summed E-state index contributed by atoms with van der Waals surface area (Å²) in [6, 6.07) is 8.09. The fourth-order valence-corrected chi connectivity index (χ4v) is 2.08. The van der Waals surface area contributed by atoms with Crippen LogP contribution in [0.3, 0.4) is 0 Å². The Kier molecular flexibility index (Phi) is 3.99. The van der Waals surface area contributed by atoms with Gasteiger partial charge in [0.25, 0.3) is 0 Å². The van der Waals surface area contributed by atoms with E-state index < -0.39 is 5.82 Å². The molecular formula is C16H15FN2O2. The van der Waals surface area contributed by atoms with Crippen LogP contribution >= 0.6 is 0 Å². The van der Waals surface area contributed by atoms with Gasteiger partial charge in [-0.3, -0.25) is 0 Å². The standard InChI is InChI=1S/C16H15FN2O2/c1-9-4-11(8-18)5-10(2)16(9)21-15-7-14(20-3)12(17)6-13(15)19/h4-7H,19H2,1-3H3. The molecule has 0 atom stereocenters. The molecule has 0 aliphatic rings. The molecule has 0 heterocycles. The monoisotopic (exact) mass is 286 g/mol. The molecule has 2 aromatic rings. The second-order valence-corrected chi connectivity index (χ2v) is 4.68. The number of hydrogen-bond acceptors (Lipinski definition) is 4. The van der Waals surface area contributed by atoms with Crippen LogP contribution in [-0.2, 0) is 0 Å². The van der Waals surface area contributed by atoms with Crippen molar-refractivity contribution in [1.29, 1.82) is 5.26 Å². The SMILES string of the molecule is COc1cc(Oc2c(C)cc(C#N)cc2C)c(N)cc1F. The van der Waals surface area contributed by atoms with Crippen LogP contribution in [0.2, 0.25) is 0 Å². The summed E-state index contributed by atoms with van der Waals surface area (Å²) in [6.07, 6.45) is 0. The number of nitrogen functional groups attached to an aromatic ring is 1. The summed E-state index contributed by atoms with van der Waals surface area (Å²) in [4.78, 5) is 0. The van der Waals surface area contributed by atoms with Crippen molar-refractivity contribution in [2.24, 2.45) is 0 Å². The first-order chi connectivity index (χ1) is 9.96. The number of anilines is 1. The molecule has 5 heteroatoms. The minimum Gasteiger partial charge on any atom is -0.494 e. The number of rotatable bonds is 3. The summed E-state index contributed by atoms with van der Waals surface area (Å²) in [5.74, 6) is 0.414. The number of nitriles is 1. The first-order valence-corrected chi connectivity index (χ1v) is 6.28. The Hall–Kier alpha value is -2.74. The van der Waals surface area contributed by atoms with E-state index in [9.17, 15) is 4.39 Å². The molecular weight excluding hydrogens is 271 g/mol. The van der Waals surface area contributed by atoms with Crippen LogP contribution in [0.25, 0.3) is 0 Å². The molecule has 0 saturated carbocycles. The Labute approximate surface area is 122 Å². The first-order valence-electron chi connectivity index (χ1n) is 6.28. The summed E-state index contributed by atoms with van der Waals surface area (Å²) >= 11 is 0. The molecule has 0 radical (unpaired) electrons.